The van der Waals surface area contributed by atoms with Gasteiger partial charge in [0.2, 0.25) is 17.7 Å². The van der Waals surface area contributed by atoms with Gasteiger partial charge in [-0.2, -0.15) is 0 Å². The van der Waals surface area contributed by atoms with Crippen LogP contribution in [-0.2, 0) is 51.1 Å². The molecule has 4 atom stereocenters. The van der Waals surface area contributed by atoms with E-state index in [1.165, 1.54) is 13.8 Å². The van der Waals surface area contributed by atoms with Crippen molar-refractivity contribution in [3.8, 4) is 0 Å². The molecule has 0 aromatic heterocycles. The maximum atomic E-state index is 12.5. The Kier molecular flexibility index (Phi) is 23.9. The molecule has 19 heteroatoms. The highest BCUT2D eigenvalue weighted by atomic mass is 31.2. The SMILES string of the molecule is COP(=O)(O)OCCOCCOCCOP(=O)(O)OCC(CO)CCCCNC(=O)[C@H](CCCCNC(C)=O)NC(C)=O. The molecule has 0 rings (SSSR count). The Morgan fingerprint density at radius 3 is 1.79 bits per heavy atom. The smallest absolute Gasteiger partial charge is 0.396 e. The van der Waals surface area contributed by atoms with Gasteiger partial charge in [0.05, 0.1) is 46.2 Å². The van der Waals surface area contributed by atoms with Gasteiger partial charge in [-0.3, -0.25) is 32.5 Å². The fourth-order valence-electron chi connectivity index (χ4n) is 3.41. The van der Waals surface area contributed by atoms with Crippen molar-refractivity contribution in [1.29, 1.82) is 0 Å². The Labute approximate surface area is 252 Å². The van der Waals surface area contributed by atoms with E-state index in [-0.39, 0.29) is 70.6 Å². The molecule has 0 radical (unpaired) electrons. The van der Waals surface area contributed by atoms with Crippen LogP contribution in [0.1, 0.15) is 52.4 Å². The maximum Gasteiger partial charge on any atom is 0.472 e. The van der Waals surface area contributed by atoms with Crippen LogP contribution in [0.4, 0.5) is 0 Å². The number of amides is 3. The molecule has 17 nitrogen and oxygen atoms in total. The van der Waals surface area contributed by atoms with Crippen LogP contribution in [-0.4, -0.2) is 112 Å². The van der Waals surface area contributed by atoms with Gasteiger partial charge in [0.25, 0.3) is 0 Å². The fourth-order valence-corrected chi connectivity index (χ4v) is 4.60. The first-order valence-electron chi connectivity index (χ1n) is 14.0. The zero-order valence-electron chi connectivity index (χ0n) is 25.2. The minimum Gasteiger partial charge on any atom is -0.396 e. The summed E-state index contributed by atoms with van der Waals surface area (Å²) in [5.41, 5.74) is 0. The van der Waals surface area contributed by atoms with Crippen LogP contribution in [0.2, 0.25) is 0 Å². The van der Waals surface area contributed by atoms with E-state index in [4.69, 9.17) is 23.4 Å². The van der Waals surface area contributed by atoms with Crippen LogP contribution in [0.3, 0.4) is 0 Å². The van der Waals surface area contributed by atoms with Gasteiger partial charge in [-0.05, 0) is 32.1 Å². The Bertz CT molecular complexity index is 882. The van der Waals surface area contributed by atoms with E-state index in [9.17, 15) is 33.5 Å². The molecule has 0 aliphatic heterocycles. The van der Waals surface area contributed by atoms with E-state index in [0.717, 1.165) is 7.11 Å². The number of hydrogen-bond donors (Lipinski definition) is 6. The largest absolute Gasteiger partial charge is 0.472 e. The lowest BCUT2D eigenvalue weighted by atomic mass is 10.0. The topological polar surface area (TPSA) is 238 Å². The lowest BCUT2D eigenvalue weighted by molar-refractivity contribution is -0.128. The molecule has 0 heterocycles. The summed E-state index contributed by atoms with van der Waals surface area (Å²) in [7, 11) is -7.35. The molecule has 6 N–H and O–H groups in total. The first kappa shape index (κ1) is 41.5. The van der Waals surface area contributed by atoms with Crippen LogP contribution in [0.5, 0.6) is 0 Å². The van der Waals surface area contributed by atoms with Gasteiger partial charge in [0.1, 0.15) is 6.04 Å². The van der Waals surface area contributed by atoms with Crippen LogP contribution < -0.4 is 16.0 Å². The van der Waals surface area contributed by atoms with Crippen LogP contribution in [0, 0.1) is 5.92 Å². The van der Waals surface area contributed by atoms with E-state index >= 15 is 0 Å². The van der Waals surface area contributed by atoms with Crippen LogP contribution in [0.25, 0.3) is 0 Å². The molecule has 43 heavy (non-hydrogen) atoms. The number of carbonyl (C=O) groups is 3. The summed E-state index contributed by atoms with van der Waals surface area (Å²) in [5, 5.41) is 17.7. The zero-order chi connectivity index (χ0) is 32.6. The average Bonchev–Trinajstić information content (AvgIpc) is 2.94. The number of phosphoric ester groups is 2. The van der Waals surface area contributed by atoms with Crippen molar-refractivity contribution in [3.05, 3.63) is 0 Å². The second kappa shape index (κ2) is 24.8. The van der Waals surface area contributed by atoms with Crippen molar-refractivity contribution in [2.45, 2.75) is 58.4 Å². The molecule has 3 unspecified atom stereocenters. The lowest BCUT2D eigenvalue weighted by Crippen LogP contribution is -2.46. The van der Waals surface area contributed by atoms with Crippen molar-refractivity contribution < 1.29 is 66.0 Å². The molecule has 0 bridgehead atoms. The third-order valence-corrected chi connectivity index (χ3v) is 7.58. The number of aliphatic hydroxyl groups excluding tert-OH is 1. The molecule has 0 saturated carbocycles. The Morgan fingerprint density at radius 2 is 1.26 bits per heavy atom. The summed E-state index contributed by atoms with van der Waals surface area (Å²) in [6.45, 7) is 3.06. The number of aliphatic hydroxyl groups is 1. The number of ether oxygens (including phenoxy) is 2. The zero-order valence-corrected chi connectivity index (χ0v) is 27.0. The minimum atomic E-state index is -4.36. The molecular formula is C24H49N3O14P2. The molecule has 0 aromatic rings. The van der Waals surface area contributed by atoms with E-state index < -0.39 is 27.6 Å². The standard InChI is InChI=1S/C24H49N3O14P2/c1-20(29)25-10-7-5-9-23(27-21(2)30)24(31)26-11-6-4-8-22(18-28)19-41-43(34,35)40-17-15-38-13-12-37-14-16-39-42(32,33)36-3/h22-23,28H,4-19H2,1-3H3,(H,25,29)(H,26,31)(H,27,30)(H,32,33)(H,34,35)/t22?,23-/m0/s1. The molecule has 0 aliphatic rings. The summed E-state index contributed by atoms with van der Waals surface area (Å²) in [4.78, 5) is 53.7. The molecule has 0 saturated heterocycles. The number of nitrogens with one attached hydrogen (secondary N) is 3. The van der Waals surface area contributed by atoms with Crippen molar-refractivity contribution in [2.24, 2.45) is 5.92 Å². The van der Waals surface area contributed by atoms with Crippen molar-refractivity contribution in [2.75, 3.05) is 73.1 Å². The summed E-state index contributed by atoms with van der Waals surface area (Å²) in [6, 6.07) is -0.678. The summed E-state index contributed by atoms with van der Waals surface area (Å²) < 4.78 is 52.1. The van der Waals surface area contributed by atoms with Gasteiger partial charge in [0, 0.05) is 46.6 Å². The fraction of sp³-hybridized carbons (Fsp3) is 0.875. The highest BCUT2D eigenvalue weighted by Crippen LogP contribution is 2.43. The first-order valence-corrected chi connectivity index (χ1v) is 17.0. The van der Waals surface area contributed by atoms with Crippen molar-refractivity contribution >= 4 is 33.4 Å². The number of hydrogen-bond acceptors (Lipinski definition) is 12. The quantitative estimate of drug-likeness (QED) is 0.0497. The molecular weight excluding hydrogens is 616 g/mol. The highest BCUT2D eigenvalue weighted by molar-refractivity contribution is 7.47. The summed E-state index contributed by atoms with van der Waals surface area (Å²) in [5.74, 6) is -1.17. The second-order valence-corrected chi connectivity index (χ2v) is 12.4. The Balaban J connectivity index is 4.06. The van der Waals surface area contributed by atoms with Gasteiger partial charge >= 0.3 is 15.6 Å². The van der Waals surface area contributed by atoms with E-state index in [0.29, 0.717) is 51.6 Å². The number of phosphoric acid groups is 2. The lowest BCUT2D eigenvalue weighted by Gasteiger charge is -2.19. The van der Waals surface area contributed by atoms with E-state index in [1.54, 1.807) is 0 Å². The normalized spacial score (nSPS) is 15.6. The third kappa shape index (κ3) is 25.5. The number of carbonyl (C=O) groups excluding carboxylic acids is 3. The predicted molar refractivity (Wildman–Crippen MR) is 154 cm³/mol. The minimum absolute atomic E-state index is 0.0156. The van der Waals surface area contributed by atoms with E-state index in [2.05, 4.69) is 25.0 Å². The molecule has 0 aromatic carbocycles. The van der Waals surface area contributed by atoms with Crippen LogP contribution in [0.15, 0.2) is 0 Å². The maximum absolute atomic E-state index is 12.5. The van der Waals surface area contributed by atoms with Crippen LogP contribution >= 0.6 is 15.6 Å². The Hall–Kier alpha value is -1.49. The molecule has 254 valence electrons. The molecule has 0 spiro atoms. The van der Waals surface area contributed by atoms with Crippen molar-refractivity contribution in [1.82, 2.24) is 16.0 Å². The number of unbranched alkanes of at least 4 members (excludes halogenated alkanes) is 2. The highest BCUT2D eigenvalue weighted by Gasteiger charge is 2.23. The Morgan fingerprint density at radius 1 is 0.721 bits per heavy atom. The van der Waals surface area contributed by atoms with E-state index in [1.807, 2.05) is 0 Å². The van der Waals surface area contributed by atoms with Gasteiger partial charge in [0.15, 0.2) is 0 Å². The first-order chi connectivity index (χ1) is 20.3. The second-order valence-electron chi connectivity index (χ2n) is 9.37. The van der Waals surface area contributed by atoms with Gasteiger partial charge < -0.3 is 40.3 Å². The number of rotatable bonds is 28. The van der Waals surface area contributed by atoms with Gasteiger partial charge in [-0.1, -0.05) is 6.42 Å². The third-order valence-electron chi connectivity index (χ3n) is 5.62. The summed E-state index contributed by atoms with van der Waals surface area (Å²) in [6.07, 6.45) is 3.40. The molecule has 0 fully saturated rings. The summed E-state index contributed by atoms with van der Waals surface area (Å²) >= 11 is 0. The monoisotopic (exact) mass is 665 g/mol. The molecule has 3 amide bonds. The van der Waals surface area contributed by atoms with Crippen molar-refractivity contribution in [3.63, 3.8) is 0 Å². The predicted octanol–water partition coefficient (Wildman–Crippen LogP) is 0.623. The van der Waals surface area contributed by atoms with Gasteiger partial charge in [-0.25, -0.2) is 9.13 Å². The molecule has 0 aliphatic carbocycles. The van der Waals surface area contributed by atoms with Gasteiger partial charge in [-0.15, -0.1) is 0 Å². The average molecular weight is 666 g/mol.